The molecule has 0 aliphatic heterocycles. The molecule has 9 heteroatoms. The Morgan fingerprint density at radius 2 is 1.87 bits per heavy atom. The second-order valence-electron chi connectivity index (χ2n) is 6.72. The van der Waals surface area contributed by atoms with Crippen LogP contribution < -0.4 is 5.43 Å². The number of nitro groups is 1. The number of nitrogens with zero attached hydrogens (tertiary/aromatic N) is 3. The highest BCUT2D eigenvalue weighted by Crippen LogP contribution is 2.28. The van der Waals surface area contributed by atoms with Gasteiger partial charge >= 0.3 is 0 Å². The molecular weight excluding hydrogens is 427 g/mol. The molecule has 0 saturated heterocycles. The number of amides is 1. The maximum Gasteiger partial charge on any atom is 0.273 e. The number of hydrazone groups is 1. The molecule has 2 aromatic carbocycles. The largest absolute Gasteiger partial charge is 0.316 e. The molecule has 3 aromatic rings. The summed E-state index contributed by atoms with van der Waals surface area (Å²) in [4.78, 5) is 22.8. The summed E-state index contributed by atoms with van der Waals surface area (Å²) < 4.78 is 1.96. The van der Waals surface area contributed by atoms with Gasteiger partial charge in [-0.15, -0.1) is 0 Å². The SMILES string of the molecule is Cc1ccc(C(=O)N/N=C\c2cc(C)n(-c3ccc(Cl)cc3Cl)c2C)cc1[N+](=O)[O-]. The average Bonchev–Trinajstić information content (AvgIpc) is 2.95. The lowest BCUT2D eigenvalue weighted by Crippen LogP contribution is -2.18. The number of carbonyl (C=O) groups is 1. The van der Waals surface area contributed by atoms with E-state index in [9.17, 15) is 14.9 Å². The molecule has 0 aliphatic rings. The van der Waals surface area contributed by atoms with Crippen LogP contribution in [0.1, 0.15) is 32.9 Å². The predicted octanol–water partition coefficient (Wildman–Crippen LogP) is 5.38. The van der Waals surface area contributed by atoms with E-state index in [4.69, 9.17) is 23.2 Å². The molecule has 0 unspecified atom stereocenters. The van der Waals surface area contributed by atoms with Crippen LogP contribution >= 0.6 is 23.2 Å². The highest BCUT2D eigenvalue weighted by Gasteiger charge is 2.15. The van der Waals surface area contributed by atoms with E-state index in [1.165, 1.54) is 24.4 Å². The number of aromatic nitrogens is 1. The lowest BCUT2D eigenvalue weighted by Gasteiger charge is -2.11. The van der Waals surface area contributed by atoms with Crippen molar-refractivity contribution in [2.75, 3.05) is 0 Å². The van der Waals surface area contributed by atoms with Crippen molar-refractivity contribution in [1.82, 2.24) is 9.99 Å². The molecule has 0 radical (unpaired) electrons. The van der Waals surface area contributed by atoms with E-state index in [1.54, 1.807) is 19.1 Å². The molecule has 0 fully saturated rings. The lowest BCUT2D eigenvalue weighted by molar-refractivity contribution is -0.385. The first-order valence-electron chi connectivity index (χ1n) is 8.92. The summed E-state index contributed by atoms with van der Waals surface area (Å²) in [5, 5.41) is 16.1. The van der Waals surface area contributed by atoms with Crippen molar-refractivity contribution in [2.24, 2.45) is 5.10 Å². The number of hydrogen-bond acceptors (Lipinski definition) is 4. The Bertz CT molecular complexity index is 1190. The van der Waals surface area contributed by atoms with Gasteiger partial charge in [-0.1, -0.05) is 29.3 Å². The monoisotopic (exact) mass is 444 g/mol. The first-order chi connectivity index (χ1) is 14.2. The zero-order valence-corrected chi connectivity index (χ0v) is 18.0. The van der Waals surface area contributed by atoms with E-state index in [2.05, 4.69) is 10.5 Å². The molecule has 0 saturated carbocycles. The van der Waals surface area contributed by atoms with Crippen molar-refractivity contribution in [3.05, 3.63) is 90.7 Å². The van der Waals surface area contributed by atoms with Gasteiger partial charge in [-0.25, -0.2) is 5.43 Å². The summed E-state index contributed by atoms with van der Waals surface area (Å²) in [6, 6.07) is 11.4. The number of carbonyl (C=O) groups excluding carboxylic acids is 1. The smallest absolute Gasteiger partial charge is 0.273 e. The van der Waals surface area contributed by atoms with E-state index in [0.717, 1.165) is 22.6 Å². The molecule has 3 rings (SSSR count). The molecule has 0 bridgehead atoms. The first-order valence-corrected chi connectivity index (χ1v) is 9.67. The minimum Gasteiger partial charge on any atom is -0.316 e. The van der Waals surface area contributed by atoms with Crippen molar-refractivity contribution in [3.8, 4) is 5.69 Å². The molecule has 0 spiro atoms. The van der Waals surface area contributed by atoms with Gasteiger partial charge in [0, 0.05) is 39.2 Å². The standard InChI is InChI=1S/C21H18Cl2N4O3/c1-12-4-5-15(9-20(12)27(29)30)21(28)25-24-11-16-8-13(2)26(14(16)3)19-7-6-17(22)10-18(19)23/h4-11H,1-3H3,(H,25,28)/b24-11-. The van der Waals surface area contributed by atoms with Crippen molar-refractivity contribution in [1.29, 1.82) is 0 Å². The molecule has 0 aliphatic carbocycles. The predicted molar refractivity (Wildman–Crippen MR) is 118 cm³/mol. The molecule has 7 nitrogen and oxygen atoms in total. The molecule has 0 atom stereocenters. The first kappa shape index (κ1) is 21.5. The third kappa shape index (κ3) is 4.37. The Labute approximate surface area is 183 Å². The molecule has 154 valence electrons. The Balaban J connectivity index is 1.81. The van der Waals surface area contributed by atoms with Crippen LogP contribution in [0.2, 0.25) is 10.0 Å². The van der Waals surface area contributed by atoms with Crippen LogP contribution in [-0.2, 0) is 0 Å². The maximum absolute atomic E-state index is 12.3. The van der Waals surface area contributed by atoms with E-state index in [-0.39, 0.29) is 11.3 Å². The van der Waals surface area contributed by atoms with Crippen LogP contribution in [-0.4, -0.2) is 21.6 Å². The number of aryl methyl sites for hydroxylation is 2. The van der Waals surface area contributed by atoms with Crippen molar-refractivity contribution in [3.63, 3.8) is 0 Å². The molecular formula is C21H18Cl2N4O3. The number of halogens is 2. The van der Waals surface area contributed by atoms with Crippen LogP contribution in [0, 0.1) is 30.9 Å². The zero-order valence-electron chi connectivity index (χ0n) is 16.4. The summed E-state index contributed by atoms with van der Waals surface area (Å²) in [6.07, 6.45) is 1.52. The Morgan fingerprint density at radius 1 is 1.13 bits per heavy atom. The summed E-state index contributed by atoms with van der Waals surface area (Å²) in [7, 11) is 0. The van der Waals surface area contributed by atoms with E-state index in [1.807, 2.05) is 30.5 Å². The quantitative estimate of drug-likeness (QED) is 0.325. The second-order valence-corrected chi connectivity index (χ2v) is 7.56. The van der Waals surface area contributed by atoms with Crippen LogP contribution in [0.5, 0.6) is 0 Å². The normalized spacial score (nSPS) is 11.1. The van der Waals surface area contributed by atoms with E-state index in [0.29, 0.717) is 15.6 Å². The van der Waals surface area contributed by atoms with Crippen molar-refractivity contribution < 1.29 is 9.72 Å². The fourth-order valence-electron chi connectivity index (χ4n) is 3.12. The highest BCUT2D eigenvalue weighted by molar-refractivity contribution is 6.35. The highest BCUT2D eigenvalue weighted by atomic mass is 35.5. The Morgan fingerprint density at radius 3 is 2.53 bits per heavy atom. The van der Waals surface area contributed by atoms with Gasteiger partial charge in [0.1, 0.15) is 0 Å². The van der Waals surface area contributed by atoms with Gasteiger partial charge in [-0.05, 0) is 51.1 Å². The van der Waals surface area contributed by atoms with Crippen LogP contribution in [0.15, 0.2) is 47.6 Å². The lowest BCUT2D eigenvalue weighted by atomic mass is 10.1. The fraction of sp³-hybridized carbons (Fsp3) is 0.143. The zero-order chi connectivity index (χ0) is 22.0. The third-order valence-electron chi connectivity index (χ3n) is 4.66. The van der Waals surface area contributed by atoms with Crippen molar-refractivity contribution in [2.45, 2.75) is 20.8 Å². The minimum absolute atomic E-state index is 0.116. The molecule has 1 N–H and O–H groups in total. The minimum atomic E-state index is -0.538. The van der Waals surface area contributed by atoms with Gasteiger partial charge in [0.05, 0.1) is 21.8 Å². The summed E-state index contributed by atoms with van der Waals surface area (Å²) in [6.45, 7) is 5.45. The summed E-state index contributed by atoms with van der Waals surface area (Å²) in [5.41, 5.74) is 6.30. The average molecular weight is 445 g/mol. The topological polar surface area (TPSA) is 89.5 Å². The molecule has 30 heavy (non-hydrogen) atoms. The maximum atomic E-state index is 12.3. The van der Waals surface area contributed by atoms with Gasteiger partial charge < -0.3 is 4.57 Å². The van der Waals surface area contributed by atoms with Gasteiger partial charge in [0.2, 0.25) is 0 Å². The number of nitro benzene ring substituents is 1. The van der Waals surface area contributed by atoms with Crippen LogP contribution in [0.3, 0.4) is 0 Å². The Kier molecular flexibility index (Phi) is 6.24. The second kappa shape index (κ2) is 8.69. The molecule has 1 amide bonds. The molecule has 1 aromatic heterocycles. The van der Waals surface area contributed by atoms with Gasteiger partial charge in [0.15, 0.2) is 0 Å². The van der Waals surface area contributed by atoms with E-state index >= 15 is 0 Å². The van der Waals surface area contributed by atoms with Crippen molar-refractivity contribution >= 4 is 41.0 Å². The summed E-state index contributed by atoms with van der Waals surface area (Å²) in [5.74, 6) is -0.538. The van der Waals surface area contributed by atoms with Crippen LogP contribution in [0.25, 0.3) is 5.69 Å². The van der Waals surface area contributed by atoms with Crippen LogP contribution in [0.4, 0.5) is 5.69 Å². The van der Waals surface area contributed by atoms with Gasteiger partial charge in [-0.3, -0.25) is 14.9 Å². The number of rotatable bonds is 5. The van der Waals surface area contributed by atoms with Gasteiger partial charge in [0.25, 0.3) is 11.6 Å². The van der Waals surface area contributed by atoms with E-state index < -0.39 is 10.8 Å². The summed E-state index contributed by atoms with van der Waals surface area (Å²) >= 11 is 12.3. The third-order valence-corrected chi connectivity index (χ3v) is 5.20. The van der Waals surface area contributed by atoms with Gasteiger partial charge in [-0.2, -0.15) is 5.10 Å². The molecule has 1 heterocycles. The number of hydrogen-bond donors (Lipinski definition) is 1. The number of benzene rings is 2. The Hall–Kier alpha value is -3.16. The fourth-order valence-corrected chi connectivity index (χ4v) is 3.62. The number of nitrogens with one attached hydrogen (secondary N) is 1.